The molecule has 1 N–H and O–H groups in total. The molecule has 0 aliphatic carbocycles. The summed E-state index contributed by atoms with van der Waals surface area (Å²) in [6.45, 7) is 2.48. The number of β-amino-alcohol motifs (C(OH)–C–C–N with tert-alkyl or cyclic N) is 1. The van der Waals surface area contributed by atoms with Crippen LogP contribution >= 0.6 is 0 Å². The number of aliphatic hydroxyl groups is 1. The lowest BCUT2D eigenvalue weighted by molar-refractivity contribution is 0.0231. The highest BCUT2D eigenvalue weighted by atomic mass is 32.2. The Balaban J connectivity index is 1.73. The van der Waals surface area contributed by atoms with E-state index in [1.54, 1.807) is 35.6 Å². The topological polar surface area (TPSA) is 65.8 Å². The Morgan fingerprint density at radius 1 is 1.00 bits per heavy atom. The van der Waals surface area contributed by atoms with Crippen molar-refractivity contribution in [3.05, 3.63) is 48.0 Å². The Kier molecular flexibility index (Phi) is 4.89. The Bertz CT molecular complexity index is 1130. The lowest BCUT2D eigenvalue weighted by Gasteiger charge is -2.36. The zero-order chi connectivity index (χ0) is 21.0. The van der Waals surface area contributed by atoms with Crippen LogP contribution in [0, 0.1) is 11.6 Å². The monoisotopic (exact) mass is 423 g/mol. The molecule has 0 spiro atoms. The van der Waals surface area contributed by atoms with E-state index >= 15 is 0 Å². The first-order valence-electron chi connectivity index (χ1n) is 9.31. The number of sulfonamides is 1. The quantitative estimate of drug-likeness (QED) is 0.700. The van der Waals surface area contributed by atoms with Crippen LogP contribution in [0.1, 0.15) is 6.92 Å². The minimum Gasteiger partial charge on any atom is -0.387 e. The van der Waals surface area contributed by atoms with Crippen LogP contribution in [0.2, 0.25) is 0 Å². The molecule has 1 fully saturated rings. The van der Waals surface area contributed by atoms with Crippen molar-refractivity contribution in [3.8, 4) is 0 Å². The summed E-state index contributed by atoms with van der Waals surface area (Å²) in [5, 5.41) is 12.2. The third-order valence-corrected chi connectivity index (χ3v) is 7.18. The molecule has 0 saturated carbocycles. The van der Waals surface area contributed by atoms with Gasteiger partial charge in [-0.1, -0.05) is 0 Å². The molecular formula is C20H23F2N3O3S. The van der Waals surface area contributed by atoms with Crippen LogP contribution in [-0.4, -0.2) is 65.5 Å². The van der Waals surface area contributed by atoms with E-state index in [2.05, 4.69) is 0 Å². The number of aromatic nitrogens is 1. The number of nitrogens with zero attached hydrogens (tertiary/aromatic N) is 3. The predicted octanol–water partition coefficient (Wildman–Crippen LogP) is 2.36. The molecule has 1 aromatic heterocycles. The summed E-state index contributed by atoms with van der Waals surface area (Å²) in [5.41, 5.74) is -0.0908. The second kappa shape index (κ2) is 7.02. The van der Waals surface area contributed by atoms with Crippen molar-refractivity contribution in [2.24, 2.45) is 0 Å². The van der Waals surface area contributed by atoms with Gasteiger partial charge in [0, 0.05) is 41.4 Å². The van der Waals surface area contributed by atoms with Gasteiger partial charge < -0.3 is 9.67 Å². The Labute approximate surface area is 168 Å². The second-order valence-corrected chi connectivity index (χ2v) is 10.00. The first-order chi connectivity index (χ1) is 13.6. The molecule has 1 unspecified atom stereocenters. The predicted molar refractivity (Wildman–Crippen MR) is 108 cm³/mol. The molecule has 1 aliphatic heterocycles. The van der Waals surface area contributed by atoms with Gasteiger partial charge >= 0.3 is 0 Å². The maximum atomic E-state index is 13.8. The van der Waals surface area contributed by atoms with Crippen LogP contribution in [0.5, 0.6) is 0 Å². The molecule has 0 amide bonds. The minimum atomic E-state index is -3.49. The lowest BCUT2D eigenvalue weighted by Crippen LogP contribution is -2.53. The van der Waals surface area contributed by atoms with Crippen molar-refractivity contribution in [1.82, 2.24) is 13.8 Å². The van der Waals surface area contributed by atoms with E-state index in [4.69, 9.17) is 0 Å². The highest BCUT2D eigenvalue weighted by Gasteiger charge is 2.35. The summed E-state index contributed by atoms with van der Waals surface area (Å²) in [4.78, 5) is 1.72. The van der Waals surface area contributed by atoms with Crippen molar-refractivity contribution >= 4 is 31.8 Å². The summed E-state index contributed by atoms with van der Waals surface area (Å²) in [7, 11) is -1.75. The van der Waals surface area contributed by atoms with Crippen molar-refractivity contribution in [1.29, 1.82) is 0 Å². The molecule has 1 saturated heterocycles. The van der Waals surface area contributed by atoms with Gasteiger partial charge in [-0.25, -0.2) is 17.2 Å². The van der Waals surface area contributed by atoms with E-state index in [0.29, 0.717) is 34.9 Å². The highest BCUT2D eigenvalue weighted by molar-refractivity contribution is 7.89. The largest absolute Gasteiger partial charge is 0.387 e. The van der Waals surface area contributed by atoms with Crippen LogP contribution in [0.4, 0.5) is 8.78 Å². The number of halogens is 2. The lowest BCUT2D eigenvalue weighted by atomic mass is 10.1. The number of rotatable bonds is 4. The molecular weight excluding hydrogens is 400 g/mol. The van der Waals surface area contributed by atoms with Gasteiger partial charge in [0.1, 0.15) is 17.5 Å². The van der Waals surface area contributed by atoms with Gasteiger partial charge in [0.2, 0.25) is 10.0 Å². The van der Waals surface area contributed by atoms with Gasteiger partial charge in [-0.05, 0) is 50.4 Å². The maximum absolute atomic E-state index is 13.8. The Hall–Kier alpha value is -2.07. The van der Waals surface area contributed by atoms with Gasteiger partial charge in [0.05, 0.1) is 12.1 Å². The first kappa shape index (κ1) is 20.2. The summed E-state index contributed by atoms with van der Waals surface area (Å²) < 4.78 is 55.6. The number of hydrogen-bond acceptors (Lipinski definition) is 4. The van der Waals surface area contributed by atoms with Crippen LogP contribution in [0.15, 0.2) is 36.4 Å². The molecule has 0 bridgehead atoms. The van der Waals surface area contributed by atoms with Gasteiger partial charge in [-0.3, -0.25) is 4.90 Å². The fraction of sp³-hybridized carbons (Fsp3) is 0.400. The molecule has 3 aromatic rings. The average Bonchev–Trinajstić information content (AvgIpc) is 2.89. The van der Waals surface area contributed by atoms with Crippen LogP contribution in [0.25, 0.3) is 21.8 Å². The van der Waals surface area contributed by atoms with E-state index in [-0.39, 0.29) is 19.0 Å². The molecule has 6 nitrogen and oxygen atoms in total. The average molecular weight is 423 g/mol. The molecule has 2 aromatic carbocycles. The third-order valence-electron chi connectivity index (χ3n) is 5.31. The minimum absolute atomic E-state index is 0.0628. The van der Waals surface area contributed by atoms with Gasteiger partial charge in [-0.2, -0.15) is 4.31 Å². The number of likely N-dealkylation sites (N-methyl/N-ethyl adjacent to an activating group) is 1. The third kappa shape index (κ3) is 3.87. The number of benzene rings is 2. The molecule has 9 heteroatoms. The zero-order valence-electron chi connectivity index (χ0n) is 16.3. The summed E-state index contributed by atoms with van der Waals surface area (Å²) in [6.07, 6.45) is 0. The SMILES string of the molecule is CN1CCN(CC(C)(O)Cn2c3ccc(F)cc3c3cc(F)ccc32)S(=O)(=O)C1. The smallest absolute Gasteiger partial charge is 0.227 e. The molecule has 29 heavy (non-hydrogen) atoms. The first-order valence-corrected chi connectivity index (χ1v) is 10.9. The van der Waals surface area contributed by atoms with Crippen molar-refractivity contribution < 1.29 is 22.3 Å². The van der Waals surface area contributed by atoms with Crippen molar-refractivity contribution in [2.45, 2.75) is 19.1 Å². The molecule has 156 valence electrons. The molecule has 1 aliphatic rings. The Morgan fingerprint density at radius 3 is 2.07 bits per heavy atom. The van der Waals surface area contributed by atoms with Crippen molar-refractivity contribution in [3.63, 3.8) is 0 Å². The maximum Gasteiger partial charge on any atom is 0.227 e. The fourth-order valence-electron chi connectivity index (χ4n) is 4.01. The molecule has 1 atom stereocenters. The van der Waals surface area contributed by atoms with Gasteiger partial charge in [0.15, 0.2) is 0 Å². The second-order valence-electron chi connectivity index (χ2n) is 8.06. The van der Waals surface area contributed by atoms with E-state index in [1.807, 2.05) is 0 Å². The fourth-order valence-corrected chi connectivity index (χ4v) is 5.70. The van der Waals surface area contributed by atoms with Crippen LogP contribution in [-0.2, 0) is 16.6 Å². The summed E-state index contributed by atoms with van der Waals surface area (Å²) in [6, 6.07) is 8.48. The van der Waals surface area contributed by atoms with Gasteiger partial charge in [-0.15, -0.1) is 0 Å². The molecule has 2 heterocycles. The summed E-state index contributed by atoms with van der Waals surface area (Å²) in [5.74, 6) is -0.955. The molecule has 4 rings (SSSR count). The van der Waals surface area contributed by atoms with E-state index in [9.17, 15) is 22.3 Å². The van der Waals surface area contributed by atoms with Crippen LogP contribution in [0.3, 0.4) is 0 Å². The van der Waals surface area contributed by atoms with Crippen LogP contribution < -0.4 is 0 Å². The normalized spacial score (nSPS) is 20.3. The van der Waals surface area contributed by atoms with E-state index < -0.39 is 27.3 Å². The number of hydrogen-bond donors (Lipinski definition) is 1. The standard InChI is InChI=1S/C20H23F2N3O3S/c1-20(26,11-24-8-7-23(2)13-29(24,27)28)12-25-18-5-3-14(21)9-16(18)17-10-15(22)4-6-19(17)25/h3-6,9-10,26H,7-8,11-13H2,1-2H3. The van der Waals surface area contributed by atoms with Crippen molar-refractivity contribution in [2.75, 3.05) is 32.6 Å². The summed E-state index contributed by atoms with van der Waals surface area (Å²) >= 11 is 0. The zero-order valence-corrected chi connectivity index (χ0v) is 17.1. The highest BCUT2D eigenvalue weighted by Crippen LogP contribution is 2.32. The van der Waals surface area contributed by atoms with E-state index in [1.165, 1.54) is 28.6 Å². The molecule has 0 radical (unpaired) electrons. The van der Waals surface area contributed by atoms with Gasteiger partial charge in [0.25, 0.3) is 0 Å². The van der Waals surface area contributed by atoms with E-state index in [0.717, 1.165) is 0 Å². The Morgan fingerprint density at radius 2 is 1.55 bits per heavy atom. The number of fused-ring (bicyclic) bond motifs is 3.